The summed E-state index contributed by atoms with van der Waals surface area (Å²) in [6, 6.07) is 10.6. The van der Waals surface area contributed by atoms with Crippen LogP contribution < -0.4 is 4.90 Å². The van der Waals surface area contributed by atoms with Crippen LogP contribution in [0.4, 0.5) is 10.2 Å². The van der Waals surface area contributed by atoms with Gasteiger partial charge in [-0.3, -0.25) is 4.79 Å². The summed E-state index contributed by atoms with van der Waals surface area (Å²) in [5, 5.41) is 4.44. The molecule has 1 amide bonds. The maximum Gasteiger partial charge on any atom is 0.273 e. The average Bonchev–Trinajstić information content (AvgIpc) is 3.09. The van der Waals surface area contributed by atoms with E-state index in [-0.39, 0.29) is 30.3 Å². The number of alkyl halides is 1. The van der Waals surface area contributed by atoms with Crippen LogP contribution in [0.2, 0.25) is 0 Å². The number of halogens is 2. The lowest BCUT2D eigenvalue weighted by Crippen LogP contribution is -2.52. The van der Waals surface area contributed by atoms with Gasteiger partial charge in [-0.1, -0.05) is 24.3 Å². The first-order valence-electron chi connectivity index (χ1n) is 9.84. The third kappa shape index (κ3) is 3.07. The van der Waals surface area contributed by atoms with Crippen LogP contribution >= 0.6 is 15.9 Å². The molecule has 0 radical (unpaired) electrons. The van der Waals surface area contributed by atoms with Crippen LogP contribution in [-0.4, -0.2) is 58.3 Å². The number of methoxy groups -OCH3 is 1. The summed E-state index contributed by atoms with van der Waals surface area (Å²) in [6.45, 7) is 3.36. The monoisotopic (exact) mass is 473 g/mol. The third-order valence-electron chi connectivity index (χ3n) is 5.97. The summed E-state index contributed by atoms with van der Waals surface area (Å²) in [5.74, 6) is 0.480. The Balaban J connectivity index is 1.52. The zero-order chi connectivity index (χ0) is 21.0. The van der Waals surface area contributed by atoms with E-state index in [1.165, 1.54) is 0 Å². The summed E-state index contributed by atoms with van der Waals surface area (Å²) in [4.78, 5) is 21.6. The van der Waals surface area contributed by atoms with Crippen molar-refractivity contribution >= 4 is 33.3 Å². The van der Waals surface area contributed by atoms with Gasteiger partial charge in [-0.25, -0.2) is 9.37 Å². The molecule has 30 heavy (non-hydrogen) atoms. The quantitative estimate of drug-likeness (QED) is 0.581. The van der Waals surface area contributed by atoms with E-state index in [1.54, 1.807) is 34.7 Å². The van der Waals surface area contributed by atoms with Gasteiger partial charge in [0.1, 0.15) is 22.3 Å². The molecule has 7 nitrogen and oxygen atoms in total. The number of anilines is 1. The number of nitrogens with zero attached hydrogens (tertiary/aromatic N) is 5. The minimum Gasteiger partial charge on any atom is -0.378 e. The fourth-order valence-corrected chi connectivity index (χ4v) is 4.58. The Bertz CT molecular complexity index is 1130. The number of hydrogen-bond donors (Lipinski definition) is 0. The van der Waals surface area contributed by atoms with Crippen molar-refractivity contribution in [1.82, 2.24) is 19.5 Å². The highest BCUT2D eigenvalue weighted by molar-refractivity contribution is 9.10. The van der Waals surface area contributed by atoms with Crippen LogP contribution in [0.25, 0.3) is 5.65 Å². The van der Waals surface area contributed by atoms with E-state index in [0.29, 0.717) is 28.9 Å². The Morgan fingerprint density at radius 1 is 1.20 bits per heavy atom. The molecule has 0 spiro atoms. The van der Waals surface area contributed by atoms with Crippen LogP contribution in [-0.2, 0) is 4.74 Å². The highest BCUT2D eigenvalue weighted by Gasteiger charge is 2.35. The van der Waals surface area contributed by atoms with Crippen LogP contribution in [0.1, 0.15) is 40.8 Å². The highest BCUT2D eigenvalue weighted by Crippen LogP contribution is 2.37. The van der Waals surface area contributed by atoms with E-state index in [9.17, 15) is 9.18 Å². The van der Waals surface area contributed by atoms with Crippen molar-refractivity contribution in [3.8, 4) is 0 Å². The molecule has 0 bridgehead atoms. The van der Waals surface area contributed by atoms with Crippen LogP contribution in [0.5, 0.6) is 0 Å². The van der Waals surface area contributed by atoms with Gasteiger partial charge >= 0.3 is 0 Å². The molecular weight excluding hydrogens is 453 g/mol. The van der Waals surface area contributed by atoms with Crippen molar-refractivity contribution in [3.05, 3.63) is 57.8 Å². The first-order valence-corrected chi connectivity index (χ1v) is 10.6. The molecule has 2 aromatic heterocycles. The van der Waals surface area contributed by atoms with E-state index in [0.717, 1.165) is 11.4 Å². The standard InChI is InChI=1S/C21H21BrFN5O2/c1-12-14-5-3-4-6-15(14)16(23)11-27(12)21(29)17-7-20(26-9-13(10-26)30-2)28-19(24-17)8-18(22)25-28/h3-8,12-13,16H,9-11H2,1-2H3. The molecule has 2 aliphatic heterocycles. The molecule has 1 aromatic carbocycles. The predicted octanol–water partition coefficient (Wildman–Crippen LogP) is 3.55. The fourth-order valence-electron chi connectivity index (χ4n) is 4.22. The van der Waals surface area contributed by atoms with Gasteiger partial charge in [-0.05, 0) is 34.0 Å². The molecule has 1 saturated heterocycles. The molecule has 0 aliphatic carbocycles. The third-order valence-corrected chi connectivity index (χ3v) is 6.36. The van der Waals surface area contributed by atoms with E-state index in [1.807, 2.05) is 25.1 Å². The van der Waals surface area contributed by atoms with Crippen molar-refractivity contribution in [1.29, 1.82) is 0 Å². The number of ether oxygens (including phenoxy) is 1. The van der Waals surface area contributed by atoms with Gasteiger partial charge in [0.2, 0.25) is 0 Å². The summed E-state index contributed by atoms with van der Waals surface area (Å²) in [5.41, 5.74) is 2.34. The van der Waals surface area contributed by atoms with E-state index in [2.05, 4.69) is 30.9 Å². The van der Waals surface area contributed by atoms with Gasteiger partial charge in [-0.15, -0.1) is 0 Å². The molecule has 156 valence electrons. The molecule has 9 heteroatoms. The molecule has 0 saturated carbocycles. The molecule has 0 N–H and O–H groups in total. The van der Waals surface area contributed by atoms with Crippen molar-refractivity contribution < 1.29 is 13.9 Å². The Hall–Kier alpha value is -2.52. The van der Waals surface area contributed by atoms with Crippen LogP contribution in [0, 0.1) is 0 Å². The second kappa shape index (κ2) is 7.31. The van der Waals surface area contributed by atoms with Crippen LogP contribution in [0.3, 0.4) is 0 Å². The molecule has 2 aliphatic rings. The Morgan fingerprint density at radius 2 is 1.93 bits per heavy atom. The SMILES string of the molecule is COC1CN(c2cc(C(=O)N3CC(F)c4ccccc4C3C)nc3cc(Br)nn23)C1. The second-order valence-corrected chi connectivity index (χ2v) is 8.54. The first kappa shape index (κ1) is 19.4. The van der Waals surface area contributed by atoms with Crippen molar-refractivity contribution in [2.75, 3.05) is 31.6 Å². The second-order valence-electron chi connectivity index (χ2n) is 7.73. The Morgan fingerprint density at radius 3 is 2.67 bits per heavy atom. The lowest BCUT2D eigenvalue weighted by atomic mass is 9.92. The molecule has 2 atom stereocenters. The number of aromatic nitrogens is 3. The molecule has 5 rings (SSSR count). The number of carbonyl (C=O) groups is 1. The zero-order valence-corrected chi connectivity index (χ0v) is 18.2. The smallest absolute Gasteiger partial charge is 0.273 e. The molecule has 2 unspecified atom stereocenters. The Kier molecular flexibility index (Phi) is 4.74. The first-order chi connectivity index (χ1) is 14.5. The van der Waals surface area contributed by atoms with Gasteiger partial charge in [0.25, 0.3) is 5.91 Å². The molecule has 4 heterocycles. The largest absolute Gasteiger partial charge is 0.378 e. The summed E-state index contributed by atoms with van der Waals surface area (Å²) < 4.78 is 22.5. The molecule has 1 fully saturated rings. The number of benzene rings is 1. The lowest BCUT2D eigenvalue weighted by Gasteiger charge is -2.40. The Labute approximate surface area is 181 Å². The molecule has 3 aromatic rings. The topological polar surface area (TPSA) is 63.0 Å². The number of rotatable bonds is 3. The number of fused-ring (bicyclic) bond motifs is 2. The number of carbonyl (C=O) groups excluding carboxylic acids is 1. The van der Waals surface area contributed by atoms with Gasteiger partial charge in [-0.2, -0.15) is 9.61 Å². The minimum atomic E-state index is -1.22. The summed E-state index contributed by atoms with van der Waals surface area (Å²) in [6.07, 6.45) is -1.07. The van der Waals surface area contributed by atoms with E-state index < -0.39 is 6.17 Å². The predicted molar refractivity (Wildman–Crippen MR) is 113 cm³/mol. The minimum absolute atomic E-state index is 0.0115. The lowest BCUT2D eigenvalue weighted by molar-refractivity contribution is 0.0585. The number of hydrogen-bond acceptors (Lipinski definition) is 5. The maximum absolute atomic E-state index is 14.8. The van der Waals surface area contributed by atoms with Gasteiger partial charge in [0, 0.05) is 32.3 Å². The van der Waals surface area contributed by atoms with Gasteiger partial charge in [0.05, 0.1) is 18.7 Å². The highest BCUT2D eigenvalue weighted by atomic mass is 79.9. The fraction of sp³-hybridized carbons (Fsp3) is 0.381. The molecular formula is C21H21BrFN5O2. The van der Waals surface area contributed by atoms with Crippen molar-refractivity contribution in [2.45, 2.75) is 25.2 Å². The van der Waals surface area contributed by atoms with Crippen LogP contribution in [0.15, 0.2) is 41.0 Å². The average molecular weight is 474 g/mol. The van der Waals surface area contributed by atoms with Gasteiger partial charge in [0.15, 0.2) is 5.65 Å². The summed E-state index contributed by atoms with van der Waals surface area (Å²) >= 11 is 3.39. The number of amides is 1. The van der Waals surface area contributed by atoms with E-state index >= 15 is 0 Å². The van der Waals surface area contributed by atoms with Gasteiger partial charge < -0.3 is 14.5 Å². The zero-order valence-electron chi connectivity index (χ0n) is 16.6. The maximum atomic E-state index is 14.8. The summed E-state index contributed by atoms with van der Waals surface area (Å²) in [7, 11) is 1.69. The van der Waals surface area contributed by atoms with Crippen molar-refractivity contribution in [3.63, 3.8) is 0 Å². The van der Waals surface area contributed by atoms with Crippen molar-refractivity contribution in [2.24, 2.45) is 0 Å². The van der Waals surface area contributed by atoms with E-state index in [4.69, 9.17) is 4.74 Å². The normalized spacial score (nSPS) is 21.6.